The third-order valence-corrected chi connectivity index (χ3v) is 4.72. The van der Waals surface area contributed by atoms with Gasteiger partial charge in [-0.25, -0.2) is 0 Å². The van der Waals surface area contributed by atoms with E-state index in [0.717, 1.165) is 26.1 Å². The number of hydrogen-bond donors (Lipinski definition) is 2. The van der Waals surface area contributed by atoms with Gasteiger partial charge in [-0.2, -0.15) is 0 Å². The van der Waals surface area contributed by atoms with Gasteiger partial charge in [0.15, 0.2) is 0 Å². The van der Waals surface area contributed by atoms with Crippen molar-refractivity contribution in [2.24, 2.45) is 5.41 Å². The summed E-state index contributed by atoms with van der Waals surface area (Å²) in [6, 6.07) is 0.302. The van der Waals surface area contributed by atoms with Crippen LogP contribution in [0.2, 0.25) is 0 Å². The molecule has 0 aliphatic carbocycles. The molecule has 1 aliphatic heterocycles. The molecule has 0 aromatic heterocycles. The summed E-state index contributed by atoms with van der Waals surface area (Å²) in [6.07, 6.45) is 4.00. The van der Waals surface area contributed by atoms with Crippen LogP contribution in [0.3, 0.4) is 0 Å². The minimum Gasteiger partial charge on any atom is -0.480 e. The van der Waals surface area contributed by atoms with E-state index in [0.29, 0.717) is 17.9 Å². The molecule has 0 amide bonds. The highest BCUT2D eigenvalue weighted by Gasteiger charge is 2.36. The van der Waals surface area contributed by atoms with Crippen LogP contribution >= 0.6 is 0 Å². The number of carbonyl (C=O) groups is 1. The Kier molecular flexibility index (Phi) is 6.02. The topological polar surface area (TPSA) is 52.6 Å². The van der Waals surface area contributed by atoms with Crippen molar-refractivity contribution in [2.45, 2.75) is 71.9 Å². The first-order valence-corrected chi connectivity index (χ1v) is 7.93. The molecule has 4 heteroatoms. The number of nitrogens with one attached hydrogen (secondary N) is 1. The summed E-state index contributed by atoms with van der Waals surface area (Å²) in [7, 11) is 0. The average molecular weight is 284 g/mol. The van der Waals surface area contributed by atoms with Crippen LogP contribution in [0.5, 0.6) is 0 Å². The highest BCUT2D eigenvalue weighted by Crippen LogP contribution is 2.31. The second-order valence-corrected chi connectivity index (χ2v) is 7.32. The van der Waals surface area contributed by atoms with Crippen molar-refractivity contribution in [3.63, 3.8) is 0 Å². The van der Waals surface area contributed by atoms with Crippen LogP contribution in [0.15, 0.2) is 0 Å². The fraction of sp³-hybridized carbons (Fsp3) is 0.938. The standard InChI is InChI=1S/C16H32N2O2/c1-6-9-17-16(5,14(19)20)12-13(2)18-10-7-15(3,4)8-11-18/h13,17H,6-12H2,1-5H3,(H,19,20). The van der Waals surface area contributed by atoms with Crippen LogP contribution in [0.4, 0.5) is 0 Å². The number of hydrogen-bond acceptors (Lipinski definition) is 3. The summed E-state index contributed by atoms with van der Waals surface area (Å²) < 4.78 is 0. The minimum atomic E-state index is -0.817. The van der Waals surface area contributed by atoms with Gasteiger partial charge in [0.2, 0.25) is 0 Å². The van der Waals surface area contributed by atoms with Crippen molar-refractivity contribution < 1.29 is 9.90 Å². The Hall–Kier alpha value is -0.610. The molecule has 0 saturated carbocycles. The van der Waals surface area contributed by atoms with Gasteiger partial charge in [-0.15, -0.1) is 0 Å². The average Bonchev–Trinajstić information content (AvgIpc) is 2.35. The largest absolute Gasteiger partial charge is 0.480 e. The Balaban J connectivity index is 2.58. The SMILES string of the molecule is CCCNC(C)(CC(C)N1CCC(C)(C)CC1)C(=O)O. The van der Waals surface area contributed by atoms with Gasteiger partial charge >= 0.3 is 5.97 Å². The summed E-state index contributed by atoms with van der Waals surface area (Å²) >= 11 is 0. The monoisotopic (exact) mass is 284 g/mol. The third kappa shape index (κ3) is 4.74. The molecule has 0 spiro atoms. The van der Waals surface area contributed by atoms with Gasteiger partial charge in [-0.1, -0.05) is 20.8 Å². The Morgan fingerprint density at radius 3 is 2.40 bits per heavy atom. The minimum absolute atomic E-state index is 0.302. The quantitative estimate of drug-likeness (QED) is 0.755. The predicted octanol–water partition coefficient (Wildman–Crippen LogP) is 2.73. The van der Waals surface area contributed by atoms with Gasteiger partial charge in [0.25, 0.3) is 0 Å². The van der Waals surface area contributed by atoms with E-state index in [-0.39, 0.29) is 0 Å². The van der Waals surface area contributed by atoms with Crippen molar-refractivity contribution in [1.29, 1.82) is 0 Å². The van der Waals surface area contributed by atoms with Gasteiger partial charge < -0.3 is 15.3 Å². The maximum absolute atomic E-state index is 11.6. The molecule has 20 heavy (non-hydrogen) atoms. The summed E-state index contributed by atoms with van der Waals surface area (Å²) in [5, 5.41) is 12.7. The van der Waals surface area contributed by atoms with Crippen molar-refractivity contribution in [3.05, 3.63) is 0 Å². The van der Waals surface area contributed by atoms with Gasteiger partial charge in [-0.3, -0.25) is 4.79 Å². The number of nitrogens with zero attached hydrogens (tertiary/aromatic N) is 1. The summed E-state index contributed by atoms with van der Waals surface area (Å²) in [5.74, 6) is -0.741. The molecule has 2 atom stereocenters. The van der Waals surface area contributed by atoms with Crippen molar-refractivity contribution >= 4 is 5.97 Å². The summed E-state index contributed by atoms with van der Waals surface area (Å²) in [4.78, 5) is 14.0. The first-order chi connectivity index (χ1) is 9.20. The number of likely N-dealkylation sites (tertiary alicyclic amines) is 1. The Morgan fingerprint density at radius 1 is 1.40 bits per heavy atom. The van der Waals surface area contributed by atoms with Crippen LogP contribution in [0, 0.1) is 5.41 Å². The number of aliphatic carboxylic acids is 1. The number of carboxylic acid groups (broad SMARTS) is 1. The van der Waals surface area contributed by atoms with Crippen LogP contribution in [0.1, 0.15) is 60.3 Å². The summed E-state index contributed by atoms with van der Waals surface area (Å²) in [5.41, 5.74) is -0.380. The molecule has 0 radical (unpaired) electrons. The lowest BCUT2D eigenvalue weighted by molar-refractivity contribution is -0.145. The Morgan fingerprint density at radius 2 is 1.95 bits per heavy atom. The molecule has 4 nitrogen and oxygen atoms in total. The molecule has 0 aromatic rings. The van der Waals surface area contributed by atoms with E-state index in [9.17, 15) is 9.90 Å². The zero-order valence-electron chi connectivity index (χ0n) is 13.8. The molecule has 2 unspecified atom stereocenters. The van der Waals surface area contributed by atoms with Crippen molar-refractivity contribution in [1.82, 2.24) is 10.2 Å². The van der Waals surface area contributed by atoms with Gasteiger partial charge in [0, 0.05) is 6.04 Å². The maximum Gasteiger partial charge on any atom is 0.323 e. The van der Waals surface area contributed by atoms with Gasteiger partial charge in [-0.05, 0) is 64.6 Å². The van der Waals surface area contributed by atoms with E-state index in [1.54, 1.807) is 0 Å². The number of piperidine rings is 1. The molecule has 1 fully saturated rings. The van der Waals surface area contributed by atoms with E-state index in [1.807, 2.05) is 6.92 Å². The first-order valence-electron chi connectivity index (χ1n) is 7.93. The normalized spacial score (nSPS) is 24.1. The Bertz CT molecular complexity index is 320. The van der Waals surface area contributed by atoms with Crippen LogP contribution in [-0.2, 0) is 4.79 Å². The fourth-order valence-corrected chi connectivity index (χ4v) is 2.93. The molecule has 1 aliphatic rings. The zero-order chi connectivity index (χ0) is 15.4. The maximum atomic E-state index is 11.6. The highest BCUT2D eigenvalue weighted by molar-refractivity contribution is 5.78. The second kappa shape index (κ2) is 6.90. The molecule has 1 rings (SSSR count). The molecule has 1 saturated heterocycles. The number of rotatable bonds is 7. The lowest BCUT2D eigenvalue weighted by Crippen LogP contribution is -2.54. The second-order valence-electron chi connectivity index (χ2n) is 7.32. The van der Waals surface area contributed by atoms with E-state index >= 15 is 0 Å². The predicted molar refractivity (Wildman–Crippen MR) is 83.0 cm³/mol. The molecular formula is C16H32N2O2. The van der Waals surface area contributed by atoms with E-state index < -0.39 is 11.5 Å². The summed E-state index contributed by atoms with van der Waals surface area (Å²) in [6.45, 7) is 13.6. The highest BCUT2D eigenvalue weighted by atomic mass is 16.4. The lowest BCUT2D eigenvalue weighted by atomic mass is 9.81. The van der Waals surface area contributed by atoms with Crippen LogP contribution in [-0.4, -0.2) is 47.2 Å². The molecular weight excluding hydrogens is 252 g/mol. The molecule has 2 N–H and O–H groups in total. The fourth-order valence-electron chi connectivity index (χ4n) is 2.93. The van der Waals surface area contributed by atoms with Crippen LogP contribution < -0.4 is 5.32 Å². The Labute approximate surface area is 123 Å². The molecule has 118 valence electrons. The van der Waals surface area contributed by atoms with Gasteiger partial charge in [0.05, 0.1) is 0 Å². The number of carboxylic acids is 1. The van der Waals surface area contributed by atoms with Crippen LogP contribution in [0.25, 0.3) is 0 Å². The molecule has 0 bridgehead atoms. The van der Waals surface area contributed by atoms with E-state index in [2.05, 4.69) is 37.9 Å². The molecule has 1 heterocycles. The first kappa shape index (κ1) is 17.4. The van der Waals surface area contributed by atoms with E-state index in [4.69, 9.17) is 0 Å². The smallest absolute Gasteiger partial charge is 0.323 e. The van der Waals surface area contributed by atoms with Crippen molar-refractivity contribution in [3.8, 4) is 0 Å². The zero-order valence-corrected chi connectivity index (χ0v) is 13.8. The van der Waals surface area contributed by atoms with Crippen molar-refractivity contribution in [2.75, 3.05) is 19.6 Å². The lowest BCUT2D eigenvalue weighted by Gasteiger charge is -2.42. The third-order valence-electron chi connectivity index (χ3n) is 4.72. The van der Waals surface area contributed by atoms with Gasteiger partial charge in [0.1, 0.15) is 5.54 Å². The molecule has 0 aromatic carbocycles. The van der Waals surface area contributed by atoms with E-state index in [1.165, 1.54) is 12.8 Å².